The lowest BCUT2D eigenvalue weighted by Crippen LogP contribution is -2.40. The predicted octanol–water partition coefficient (Wildman–Crippen LogP) is 1.74. The number of ether oxygens (including phenoxy) is 1. The maximum Gasteiger partial charge on any atom is 0.322 e. The van der Waals surface area contributed by atoms with Crippen LogP contribution in [-0.2, 0) is 9.53 Å². The molecule has 0 amide bonds. The van der Waals surface area contributed by atoms with Crippen molar-refractivity contribution in [3.8, 4) is 0 Å². The molecule has 1 atom stereocenters. The number of carbonyl (C=O) groups excluding carboxylic acids is 1. The number of methoxy groups -OCH3 is 1. The molecule has 0 aromatic carbocycles. The van der Waals surface area contributed by atoms with Gasteiger partial charge < -0.3 is 10.1 Å². The highest BCUT2D eigenvalue weighted by Gasteiger charge is 2.24. The summed E-state index contributed by atoms with van der Waals surface area (Å²) in [6.45, 7) is 10.5. The van der Waals surface area contributed by atoms with Crippen LogP contribution in [0.5, 0.6) is 0 Å². The molecule has 0 rings (SSSR count). The third-order valence-corrected chi connectivity index (χ3v) is 1.81. The maximum absolute atomic E-state index is 11.4. The molecule has 0 saturated heterocycles. The summed E-state index contributed by atoms with van der Waals surface area (Å²) in [5.74, 6) is -0.207. The van der Waals surface area contributed by atoms with E-state index in [9.17, 15) is 4.79 Å². The Morgan fingerprint density at radius 1 is 1.57 bits per heavy atom. The number of hydrogen-bond donors (Lipinski definition) is 1. The van der Waals surface area contributed by atoms with E-state index < -0.39 is 0 Å². The van der Waals surface area contributed by atoms with Crippen LogP contribution in [0, 0.1) is 5.41 Å². The van der Waals surface area contributed by atoms with E-state index in [0.717, 1.165) is 6.42 Å². The summed E-state index contributed by atoms with van der Waals surface area (Å²) in [6, 6.07) is -0.238. The third kappa shape index (κ3) is 5.75. The second kappa shape index (κ2) is 5.81. The van der Waals surface area contributed by atoms with Gasteiger partial charge in [-0.05, 0) is 11.8 Å². The molecule has 0 fully saturated rings. The molecule has 82 valence electrons. The average Bonchev–Trinajstić information content (AvgIpc) is 2.09. The van der Waals surface area contributed by atoms with Crippen molar-refractivity contribution in [2.75, 3.05) is 13.7 Å². The van der Waals surface area contributed by atoms with Gasteiger partial charge in [-0.3, -0.25) is 4.79 Å². The maximum atomic E-state index is 11.4. The van der Waals surface area contributed by atoms with Gasteiger partial charge in [-0.15, -0.1) is 6.58 Å². The highest BCUT2D eigenvalue weighted by atomic mass is 16.5. The Hall–Kier alpha value is -0.830. The van der Waals surface area contributed by atoms with Crippen LogP contribution in [0.25, 0.3) is 0 Å². The molecule has 0 aliphatic carbocycles. The minimum absolute atomic E-state index is 0.104. The van der Waals surface area contributed by atoms with E-state index >= 15 is 0 Å². The average molecular weight is 199 g/mol. The molecule has 1 unspecified atom stereocenters. The molecule has 0 spiro atoms. The molecule has 3 heteroatoms. The minimum Gasteiger partial charge on any atom is -0.468 e. The van der Waals surface area contributed by atoms with E-state index in [1.54, 1.807) is 6.08 Å². The summed E-state index contributed by atoms with van der Waals surface area (Å²) in [6.07, 6.45) is 2.49. The van der Waals surface area contributed by atoms with E-state index in [-0.39, 0.29) is 17.4 Å². The first-order valence-corrected chi connectivity index (χ1v) is 4.83. The number of hydrogen-bond acceptors (Lipinski definition) is 3. The van der Waals surface area contributed by atoms with Gasteiger partial charge in [0.05, 0.1) is 7.11 Å². The normalized spacial score (nSPS) is 13.4. The van der Waals surface area contributed by atoms with Crippen molar-refractivity contribution in [3.05, 3.63) is 12.7 Å². The molecule has 0 saturated carbocycles. The summed E-state index contributed by atoms with van der Waals surface area (Å²) in [4.78, 5) is 11.4. The van der Waals surface area contributed by atoms with Gasteiger partial charge >= 0.3 is 5.97 Å². The lowest BCUT2D eigenvalue weighted by Gasteiger charge is -2.24. The van der Waals surface area contributed by atoms with Gasteiger partial charge in [0, 0.05) is 6.54 Å². The number of carbonyl (C=O) groups is 1. The zero-order valence-corrected chi connectivity index (χ0v) is 9.59. The molecule has 0 aliphatic heterocycles. The van der Waals surface area contributed by atoms with E-state index in [0.29, 0.717) is 6.54 Å². The fourth-order valence-corrected chi connectivity index (χ4v) is 1.22. The SMILES string of the molecule is C=CCNC(CC(C)(C)C)C(=O)OC. The Morgan fingerprint density at radius 2 is 2.14 bits per heavy atom. The van der Waals surface area contributed by atoms with Crippen LogP contribution < -0.4 is 5.32 Å². The lowest BCUT2D eigenvalue weighted by molar-refractivity contribution is -0.143. The monoisotopic (exact) mass is 199 g/mol. The van der Waals surface area contributed by atoms with Crippen LogP contribution in [0.15, 0.2) is 12.7 Å². The molecule has 0 bridgehead atoms. The summed E-state index contributed by atoms with van der Waals surface area (Å²) in [5.41, 5.74) is 0.104. The number of rotatable bonds is 5. The third-order valence-electron chi connectivity index (χ3n) is 1.81. The standard InChI is InChI=1S/C11H21NO2/c1-6-7-12-9(10(13)14-5)8-11(2,3)4/h6,9,12H,1,7-8H2,2-5H3. The van der Waals surface area contributed by atoms with Gasteiger partial charge in [-0.1, -0.05) is 26.8 Å². The van der Waals surface area contributed by atoms with Crippen molar-refractivity contribution in [3.63, 3.8) is 0 Å². The Balaban J connectivity index is 4.24. The van der Waals surface area contributed by atoms with Crippen LogP contribution in [0.3, 0.4) is 0 Å². The first-order valence-electron chi connectivity index (χ1n) is 4.83. The zero-order valence-electron chi connectivity index (χ0n) is 9.59. The van der Waals surface area contributed by atoms with Gasteiger partial charge in [0.25, 0.3) is 0 Å². The Kier molecular flexibility index (Phi) is 5.46. The van der Waals surface area contributed by atoms with E-state index in [1.165, 1.54) is 7.11 Å². The molecule has 0 aromatic heterocycles. The first kappa shape index (κ1) is 13.2. The van der Waals surface area contributed by atoms with Gasteiger partial charge in [0.1, 0.15) is 6.04 Å². The molecule has 0 aliphatic rings. The predicted molar refractivity (Wildman–Crippen MR) is 58.1 cm³/mol. The molecule has 0 radical (unpaired) electrons. The van der Waals surface area contributed by atoms with Crippen LogP contribution in [0.2, 0.25) is 0 Å². The molecule has 3 nitrogen and oxygen atoms in total. The number of esters is 1. The second-order valence-electron chi connectivity index (χ2n) is 4.54. The highest BCUT2D eigenvalue weighted by molar-refractivity contribution is 5.75. The first-order chi connectivity index (χ1) is 6.40. The summed E-state index contributed by atoms with van der Waals surface area (Å²) in [7, 11) is 1.41. The van der Waals surface area contributed by atoms with Crippen molar-refractivity contribution in [1.82, 2.24) is 5.32 Å². The fraction of sp³-hybridized carbons (Fsp3) is 0.727. The summed E-state index contributed by atoms with van der Waals surface area (Å²) < 4.78 is 4.72. The fourth-order valence-electron chi connectivity index (χ4n) is 1.22. The Bertz CT molecular complexity index is 194. The smallest absolute Gasteiger partial charge is 0.322 e. The quantitative estimate of drug-likeness (QED) is 0.541. The Labute approximate surface area is 86.5 Å². The molecular formula is C11H21NO2. The largest absolute Gasteiger partial charge is 0.468 e. The van der Waals surface area contributed by atoms with Crippen LogP contribution in [-0.4, -0.2) is 25.7 Å². The zero-order chi connectivity index (χ0) is 11.2. The molecule has 1 N–H and O–H groups in total. The van der Waals surface area contributed by atoms with Gasteiger partial charge in [-0.2, -0.15) is 0 Å². The number of nitrogens with one attached hydrogen (secondary N) is 1. The van der Waals surface area contributed by atoms with Gasteiger partial charge in [0.2, 0.25) is 0 Å². The highest BCUT2D eigenvalue weighted by Crippen LogP contribution is 2.21. The van der Waals surface area contributed by atoms with Crippen molar-refractivity contribution in [2.45, 2.75) is 33.2 Å². The summed E-state index contributed by atoms with van der Waals surface area (Å²) in [5, 5.41) is 3.08. The van der Waals surface area contributed by atoms with Crippen molar-refractivity contribution < 1.29 is 9.53 Å². The van der Waals surface area contributed by atoms with Crippen molar-refractivity contribution in [1.29, 1.82) is 0 Å². The second-order valence-corrected chi connectivity index (χ2v) is 4.54. The van der Waals surface area contributed by atoms with Crippen molar-refractivity contribution >= 4 is 5.97 Å². The lowest BCUT2D eigenvalue weighted by atomic mass is 9.88. The van der Waals surface area contributed by atoms with E-state index in [2.05, 4.69) is 32.7 Å². The molecule has 0 heterocycles. The molecule has 14 heavy (non-hydrogen) atoms. The molecule has 0 aromatic rings. The van der Waals surface area contributed by atoms with E-state index in [1.807, 2.05) is 0 Å². The topological polar surface area (TPSA) is 38.3 Å². The molecular weight excluding hydrogens is 178 g/mol. The van der Waals surface area contributed by atoms with Crippen LogP contribution in [0.4, 0.5) is 0 Å². The van der Waals surface area contributed by atoms with Gasteiger partial charge in [-0.25, -0.2) is 0 Å². The Morgan fingerprint density at radius 3 is 2.50 bits per heavy atom. The van der Waals surface area contributed by atoms with Crippen LogP contribution in [0.1, 0.15) is 27.2 Å². The van der Waals surface area contributed by atoms with E-state index in [4.69, 9.17) is 4.74 Å². The van der Waals surface area contributed by atoms with Crippen molar-refractivity contribution in [2.24, 2.45) is 5.41 Å². The summed E-state index contributed by atoms with van der Waals surface area (Å²) >= 11 is 0. The van der Waals surface area contributed by atoms with Gasteiger partial charge in [0.15, 0.2) is 0 Å². The minimum atomic E-state index is -0.238. The van der Waals surface area contributed by atoms with Crippen LogP contribution >= 0.6 is 0 Å².